The molecular formula is C37H26. The SMILES string of the molecule is [2H]c1c([2H])c([2H])c2c(c1[2H])-c1c([2H])c([2H])c([2H])c3c(-c4c5ccccc5cc5c4ccc4ccccc45)c([2H])c([2H])c(c13)C2(C)C. The smallest absolute Gasteiger partial charge is 0.0619 e. The second kappa shape index (κ2) is 7.31. The van der Waals surface area contributed by atoms with Crippen molar-refractivity contribution in [1.82, 2.24) is 0 Å². The minimum Gasteiger partial charge on any atom is -0.0619 e. The van der Waals surface area contributed by atoms with E-state index in [0.29, 0.717) is 22.1 Å². The second-order valence-corrected chi connectivity index (χ2v) is 10.2. The molecule has 1 aliphatic carbocycles. The number of hydrogen-bond acceptors (Lipinski definition) is 0. The highest BCUT2D eigenvalue weighted by Crippen LogP contribution is 2.51. The number of benzene rings is 7. The maximum atomic E-state index is 9.59. The molecule has 0 fully saturated rings. The molecule has 0 spiro atoms. The third kappa shape index (κ3) is 2.73. The van der Waals surface area contributed by atoms with Crippen molar-refractivity contribution < 1.29 is 12.3 Å². The lowest BCUT2D eigenvalue weighted by Gasteiger charge is -2.35. The second-order valence-electron chi connectivity index (χ2n) is 10.2. The average molecular weight is 480 g/mol. The average Bonchev–Trinajstić information content (AvgIpc) is 3.04. The summed E-state index contributed by atoms with van der Waals surface area (Å²) in [4.78, 5) is 0. The first-order valence-electron chi connectivity index (χ1n) is 16.9. The molecule has 7 aromatic carbocycles. The van der Waals surface area contributed by atoms with Crippen LogP contribution < -0.4 is 0 Å². The molecule has 0 heterocycles. The van der Waals surface area contributed by atoms with Crippen molar-refractivity contribution in [3.8, 4) is 22.3 Å². The Morgan fingerprint density at radius 2 is 1.27 bits per heavy atom. The molecule has 0 heteroatoms. The van der Waals surface area contributed by atoms with Gasteiger partial charge in [0.2, 0.25) is 0 Å². The largest absolute Gasteiger partial charge is 0.0630 e. The summed E-state index contributed by atoms with van der Waals surface area (Å²) in [7, 11) is 0. The molecule has 8 rings (SSSR count). The Bertz CT molecular complexity index is 2550. The van der Waals surface area contributed by atoms with Crippen LogP contribution in [0, 0.1) is 0 Å². The van der Waals surface area contributed by atoms with E-state index >= 15 is 0 Å². The van der Waals surface area contributed by atoms with Crippen molar-refractivity contribution in [2.24, 2.45) is 0 Å². The van der Waals surface area contributed by atoms with Crippen LogP contribution in [-0.4, -0.2) is 0 Å². The van der Waals surface area contributed by atoms with Gasteiger partial charge in [0.25, 0.3) is 0 Å². The Kier molecular flexibility index (Phi) is 2.72. The number of fused-ring (bicyclic) bond motifs is 6. The van der Waals surface area contributed by atoms with Crippen molar-refractivity contribution in [2.45, 2.75) is 19.3 Å². The van der Waals surface area contributed by atoms with Gasteiger partial charge in [-0.3, -0.25) is 0 Å². The minimum absolute atomic E-state index is 0.108. The fourth-order valence-corrected chi connectivity index (χ4v) is 6.12. The summed E-state index contributed by atoms with van der Waals surface area (Å²) >= 11 is 0. The molecule has 174 valence electrons. The zero-order valence-electron chi connectivity index (χ0n) is 29.4. The van der Waals surface area contributed by atoms with Crippen LogP contribution in [0.1, 0.15) is 37.3 Å². The van der Waals surface area contributed by atoms with Gasteiger partial charge in [-0.05, 0) is 82.5 Å². The lowest BCUT2D eigenvalue weighted by atomic mass is 9.68. The van der Waals surface area contributed by atoms with Gasteiger partial charge in [0.05, 0.1) is 12.3 Å². The first kappa shape index (κ1) is 13.8. The third-order valence-electron chi connectivity index (χ3n) is 7.89. The molecule has 0 nitrogen and oxygen atoms in total. The zero-order valence-corrected chi connectivity index (χ0v) is 20.4. The highest BCUT2D eigenvalue weighted by atomic mass is 14.4. The van der Waals surface area contributed by atoms with Gasteiger partial charge >= 0.3 is 0 Å². The Morgan fingerprint density at radius 3 is 2.16 bits per heavy atom. The summed E-state index contributed by atoms with van der Waals surface area (Å²) in [5.41, 5.74) is 0.545. The summed E-state index contributed by atoms with van der Waals surface area (Å²) < 4.78 is 81.2. The molecule has 0 amide bonds. The van der Waals surface area contributed by atoms with Crippen LogP contribution in [0.3, 0.4) is 0 Å². The van der Waals surface area contributed by atoms with Gasteiger partial charge in [-0.25, -0.2) is 0 Å². The molecule has 0 aromatic heterocycles. The Hall–Kier alpha value is -4.42. The van der Waals surface area contributed by atoms with Crippen molar-refractivity contribution >= 4 is 43.1 Å². The fourth-order valence-electron chi connectivity index (χ4n) is 6.12. The van der Waals surface area contributed by atoms with Gasteiger partial charge < -0.3 is 0 Å². The minimum atomic E-state index is -1.18. The van der Waals surface area contributed by atoms with E-state index in [2.05, 4.69) is 6.07 Å². The van der Waals surface area contributed by atoms with Crippen LogP contribution in [0.25, 0.3) is 65.3 Å². The van der Waals surface area contributed by atoms with Crippen LogP contribution in [-0.2, 0) is 5.41 Å². The molecular weight excluding hydrogens is 444 g/mol. The van der Waals surface area contributed by atoms with E-state index in [0.717, 1.165) is 32.3 Å². The van der Waals surface area contributed by atoms with Gasteiger partial charge in [0.15, 0.2) is 0 Å². The molecule has 0 N–H and O–H groups in total. The quantitative estimate of drug-likeness (QED) is 0.162. The molecule has 0 bridgehead atoms. The first-order valence-corrected chi connectivity index (χ1v) is 12.4. The number of hydrogen-bond donors (Lipinski definition) is 0. The van der Waals surface area contributed by atoms with Crippen LogP contribution >= 0.6 is 0 Å². The molecule has 0 saturated heterocycles. The van der Waals surface area contributed by atoms with Gasteiger partial charge in [-0.1, -0.05) is 129 Å². The van der Waals surface area contributed by atoms with Crippen molar-refractivity contribution in [2.75, 3.05) is 0 Å². The summed E-state index contributed by atoms with van der Waals surface area (Å²) in [6, 6.07) is 19.2. The molecule has 1 aliphatic rings. The van der Waals surface area contributed by atoms with Crippen molar-refractivity contribution in [3.05, 3.63) is 132 Å². The Labute approximate surface area is 229 Å². The maximum absolute atomic E-state index is 9.59. The Balaban J connectivity index is 1.69. The molecule has 7 aromatic rings. The normalized spacial score (nSPS) is 17.3. The van der Waals surface area contributed by atoms with Crippen LogP contribution in [0.15, 0.2) is 121 Å². The number of rotatable bonds is 1. The van der Waals surface area contributed by atoms with Crippen molar-refractivity contribution in [1.29, 1.82) is 0 Å². The topological polar surface area (TPSA) is 0 Å². The van der Waals surface area contributed by atoms with Gasteiger partial charge in [-0.2, -0.15) is 0 Å². The third-order valence-corrected chi connectivity index (χ3v) is 7.89. The predicted molar refractivity (Wildman–Crippen MR) is 159 cm³/mol. The lowest BCUT2D eigenvalue weighted by Crippen LogP contribution is -2.23. The molecule has 0 unspecified atom stereocenters. The standard InChI is InChI=1S/C37H26/c1-37(2)33-17-8-7-14-27(33)28-15-9-16-29-30(20-21-34(37)36(28)29)35-26-13-6-4-11-24(26)22-32-25-12-5-3-10-23(25)18-19-31(32)35/h3-22H,1-2H3/i7D,8D,9D,14D,15D,16D,17D,20D,21D. The van der Waals surface area contributed by atoms with Crippen molar-refractivity contribution in [3.63, 3.8) is 0 Å². The summed E-state index contributed by atoms with van der Waals surface area (Å²) in [5.74, 6) is 0. The first-order chi connectivity index (χ1) is 21.9. The zero-order chi connectivity index (χ0) is 32.6. The van der Waals surface area contributed by atoms with E-state index in [1.54, 1.807) is 13.8 Å². The molecule has 0 aliphatic heterocycles. The van der Waals surface area contributed by atoms with Gasteiger partial charge in [0.1, 0.15) is 0 Å². The monoisotopic (exact) mass is 479 g/mol. The molecule has 0 saturated carbocycles. The Morgan fingerprint density at radius 1 is 0.514 bits per heavy atom. The van der Waals surface area contributed by atoms with Gasteiger partial charge in [-0.15, -0.1) is 0 Å². The van der Waals surface area contributed by atoms with E-state index in [-0.39, 0.29) is 58.3 Å². The highest BCUT2D eigenvalue weighted by molar-refractivity contribution is 6.23. The summed E-state index contributed by atoms with van der Waals surface area (Å²) in [6.45, 7) is 3.53. The van der Waals surface area contributed by atoms with Gasteiger partial charge in [0, 0.05) is 5.41 Å². The van der Waals surface area contributed by atoms with Crippen LogP contribution in [0.2, 0.25) is 0 Å². The highest BCUT2D eigenvalue weighted by Gasteiger charge is 2.33. The molecule has 0 radical (unpaired) electrons. The van der Waals surface area contributed by atoms with E-state index in [1.165, 1.54) is 0 Å². The van der Waals surface area contributed by atoms with E-state index in [9.17, 15) is 4.11 Å². The summed E-state index contributed by atoms with van der Waals surface area (Å²) in [6.07, 6.45) is 0. The van der Waals surface area contributed by atoms with E-state index < -0.39 is 23.5 Å². The summed E-state index contributed by atoms with van der Waals surface area (Å²) in [5, 5.41) is 6.10. The lowest BCUT2D eigenvalue weighted by molar-refractivity contribution is 0.645. The predicted octanol–water partition coefficient (Wildman–Crippen LogP) is 10.3. The van der Waals surface area contributed by atoms with Crippen LogP contribution in [0.4, 0.5) is 0 Å². The van der Waals surface area contributed by atoms with E-state index in [4.69, 9.17) is 8.22 Å². The maximum Gasteiger partial charge on any atom is 0.0630 e. The van der Waals surface area contributed by atoms with E-state index in [1.807, 2.05) is 60.7 Å². The fraction of sp³-hybridized carbons (Fsp3) is 0.0811. The van der Waals surface area contributed by atoms with Crippen LogP contribution in [0.5, 0.6) is 0 Å². The molecule has 0 atom stereocenters. The molecule has 37 heavy (non-hydrogen) atoms.